The van der Waals surface area contributed by atoms with Crippen LogP contribution in [0.5, 0.6) is 0 Å². The Morgan fingerprint density at radius 1 is 1.15 bits per heavy atom. The zero-order valence-electron chi connectivity index (χ0n) is 23.2. The number of aliphatic hydroxyl groups excluding tert-OH is 2. The number of nitrogens with two attached hydrogens (primary N) is 1. The van der Waals surface area contributed by atoms with Crippen molar-refractivity contribution in [2.24, 2.45) is 34.8 Å². The molecule has 8 heteroatoms. The molecule has 1 saturated heterocycles. The van der Waals surface area contributed by atoms with Gasteiger partial charge in [0.1, 0.15) is 12.1 Å². The fraction of sp³-hybridized carbons (Fsp3) is 0.548. The lowest BCUT2D eigenvalue weighted by Crippen LogP contribution is -2.62. The van der Waals surface area contributed by atoms with Gasteiger partial charge in [0.05, 0.1) is 19.3 Å². The molecule has 2 amide bonds. The highest BCUT2D eigenvalue weighted by molar-refractivity contribution is 5.94. The van der Waals surface area contributed by atoms with E-state index < -0.39 is 30.1 Å². The van der Waals surface area contributed by atoms with E-state index in [2.05, 4.69) is 26.1 Å². The SMILES string of the molecule is C[C@@H]1[C@@H](NC(=O)[C@@H]2C([C@H](C)O)[C@H](CO)ON2Cc2cccc(-c3cccc(C(N)=O)c3)c2)C[C@H]2C[C@@H]1C2(C)C. The molecule has 8 atom stereocenters. The molecule has 39 heavy (non-hydrogen) atoms. The lowest BCUT2D eigenvalue weighted by molar-refractivity contribution is -0.183. The Labute approximate surface area is 230 Å². The molecule has 6 rings (SSSR count). The van der Waals surface area contributed by atoms with Gasteiger partial charge in [0.25, 0.3) is 0 Å². The molecule has 1 heterocycles. The number of hydrogen-bond donors (Lipinski definition) is 4. The van der Waals surface area contributed by atoms with Gasteiger partial charge in [-0.25, -0.2) is 0 Å². The second kappa shape index (κ2) is 10.7. The topological polar surface area (TPSA) is 125 Å². The average Bonchev–Trinajstić information content (AvgIpc) is 3.28. The fourth-order valence-corrected chi connectivity index (χ4v) is 7.37. The number of benzene rings is 2. The Morgan fingerprint density at radius 3 is 2.46 bits per heavy atom. The minimum absolute atomic E-state index is 0.0832. The van der Waals surface area contributed by atoms with Crippen molar-refractivity contribution in [3.63, 3.8) is 0 Å². The molecule has 2 aromatic carbocycles. The van der Waals surface area contributed by atoms with Crippen molar-refractivity contribution in [3.05, 3.63) is 59.7 Å². The molecule has 3 aliphatic carbocycles. The molecule has 210 valence electrons. The van der Waals surface area contributed by atoms with Crippen LogP contribution in [0.15, 0.2) is 48.5 Å². The number of hydrogen-bond acceptors (Lipinski definition) is 6. The molecule has 5 N–H and O–H groups in total. The first-order chi connectivity index (χ1) is 18.5. The third-order valence-corrected chi connectivity index (χ3v) is 9.81. The smallest absolute Gasteiger partial charge is 0.248 e. The van der Waals surface area contributed by atoms with Crippen molar-refractivity contribution in [2.45, 2.75) is 71.4 Å². The first-order valence-electron chi connectivity index (χ1n) is 14.0. The normalized spacial score (nSPS) is 32.3. The molecule has 2 bridgehead atoms. The van der Waals surface area contributed by atoms with E-state index in [1.54, 1.807) is 30.2 Å². The summed E-state index contributed by atoms with van der Waals surface area (Å²) in [5.41, 5.74) is 8.86. The van der Waals surface area contributed by atoms with Gasteiger partial charge in [-0.2, -0.15) is 5.06 Å². The molecule has 0 radical (unpaired) electrons. The summed E-state index contributed by atoms with van der Waals surface area (Å²) < 4.78 is 0. The van der Waals surface area contributed by atoms with Gasteiger partial charge in [-0.1, -0.05) is 51.1 Å². The molecule has 4 fully saturated rings. The Bertz CT molecular complexity index is 1230. The first kappa shape index (κ1) is 27.8. The third kappa shape index (κ3) is 5.11. The summed E-state index contributed by atoms with van der Waals surface area (Å²) in [5, 5.41) is 25.6. The minimum Gasteiger partial charge on any atom is -0.394 e. The van der Waals surface area contributed by atoms with Crippen LogP contribution in [0.1, 0.15) is 56.5 Å². The van der Waals surface area contributed by atoms with Gasteiger partial charge < -0.3 is 21.3 Å². The molecular weight excluding hydrogens is 494 g/mol. The average molecular weight is 536 g/mol. The predicted molar refractivity (Wildman–Crippen MR) is 148 cm³/mol. The highest BCUT2D eigenvalue weighted by atomic mass is 16.7. The van der Waals surface area contributed by atoms with Gasteiger partial charge in [0.15, 0.2) is 0 Å². The van der Waals surface area contributed by atoms with E-state index in [9.17, 15) is 19.8 Å². The summed E-state index contributed by atoms with van der Waals surface area (Å²) in [7, 11) is 0. The lowest BCUT2D eigenvalue weighted by atomic mass is 9.45. The Hall–Kier alpha value is -2.78. The quantitative estimate of drug-likeness (QED) is 0.412. The number of nitrogens with one attached hydrogen (secondary N) is 1. The van der Waals surface area contributed by atoms with Crippen molar-refractivity contribution >= 4 is 11.8 Å². The zero-order chi connectivity index (χ0) is 28.1. The summed E-state index contributed by atoms with van der Waals surface area (Å²) in [4.78, 5) is 31.6. The monoisotopic (exact) mass is 535 g/mol. The second-order valence-corrected chi connectivity index (χ2v) is 12.4. The number of carbonyl (C=O) groups is 2. The number of rotatable bonds is 8. The number of carbonyl (C=O) groups excluding carboxylic acids is 2. The largest absolute Gasteiger partial charge is 0.394 e. The molecule has 0 aromatic heterocycles. The van der Waals surface area contributed by atoms with Gasteiger partial charge in [-0.05, 0) is 77.8 Å². The van der Waals surface area contributed by atoms with E-state index in [0.717, 1.165) is 23.1 Å². The molecule has 2 aromatic rings. The Morgan fingerprint density at radius 2 is 1.85 bits per heavy atom. The van der Waals surface area contributed by atoms with E-state index in [1.807, 2.05) is 30.3 Å². The summed E-state index contributed by atoms with van der Waals surface area (Å²) in [6.07, 6.45) is 0.647. The van der Waals surface area contributed by atoms with E-state index in [-0.39, 0.29) is 18.6 Å². The van der Waals surface area contributed by atoms with Crippen LogP contribution in [0.2, 0.25) is 0 Å². The maximum atomic E-state index is 13.8. The van der Waals surface area contributed by atoms with Gasteiger partial charge in [-0.15, -0.1) is 0 Å². The van der Waals surface area contributed by atoms with Crippen LogP contribution in [0.3, 0.4) is 0 Å². The number of aliphatic hydroxyl groups is 2. The summed E-state index contributed by atoms with van der Waals surface area (Å²) in [5.74, 6) is 0.337. The van der Waals surface area contributed by atoms with Crippen LogP contribution in [0.4, 0.5) is 0 Å². The number of nitrogens with zero attached hydrogens (tertiary/aromatic N) is 1. The molecule has 4 aliphatic rings. The Balaban J connectivity index is 1.37. The molecule has 1 aliphatic heterocycles. The number of primary amides is 1. The van der Waals surface area contributed by atoms with Crippen molar-refractivity contribution in [3.8, 4) is 11.1 Å². The number of hydroxylamine groups is 2. The maximum Gasteiger partial charge on any atom is 0.248 e. The van der Waals surface area contributed by atoms with Crippen molar-refractivity contribution in [2.75, 3.05) is 6.61 Å². The van der Waals surface area contributed by atoms with Crippen molar-refractivity contribution in [1.29, 1.82) is 0 Å². The van der Waals surface area contributed by atoms with Crippen molar-refractivity contribution in [1.82, 2.24) is 10.4 Å². The fourth-order valence-electron chi connectivity index (χ4n) is 7.37. The maximum absolute atomic E-state index is 13.8. The van der Waals surface area contributed by atoms with E-state index >= 15 is 0 Å². The Kier molecular flexibility index (Phi) is 7.59. The van der Waals surface area contributed by atoms with Crippen LogP contribution in [-0.2, 0) is 16.2 Å². The molecular formula is C31H41N3O5. The third-order valence-electron chi connectivity index (χ3n) is 9.81. The molecule has 8 nitrogen and oxygen atoms in total. The van der Waals surface area contributed by atoms with E-state index in [0.29, 0.717) is 35.3 Å². The van der Waals surface area contributed by atoms with Crippen LogP contribution in [0, 0.1) is 29.1 Å². The minimum atomic E-state index is -0.845. The summed E-state index contributed by atoms with van der Waals surface area (Å²) >= 11 is 0. The van der Waals surface area contributed by atoms with Crippen LogP contribution in [-0.4, -0.2) is 58.0 Å². The van der Waals surface area contributed by atoms with Crippen LogP contribution >= 0.6 is 0 Å². The molecule has 3 saturated carbocycles. The van der Waals surface area contributed by atoms with Crippen molar-refractivity contribution < 1.29 is 24.6 Å². The van der Waals surface area contributed by atoms with E-state index in [1.165, 1.54) is 6.42 Å². The predicted octanol–water partition coefficient (Wildman–Crippen LogP) is 3.11. The first-order valence-corrected chi connectivity index (χ1v) is 14.0. The van der Waals surface area contributed by atoms with E-state index in [4.69, 9.17) is 10.6 Å². The lowest BCUT2D eigenvalue weighted by Gasteiger charge is -2.62. The highest BCUT2D eigenvalue weighted by Crippen LogP contribution is 2.61. The van der Waals surface area contributed by atoms with Crippen LogP contribution in [0.25, 0.3) is 11.1 Å². The number of fused-ring (bicyclic) bond motifs is 2. The van der Waals surface area contributed by atoms with Gasteiger partial charge in [-0.3, -0.25) is 14.4 Å². The second-order valence-electron chi connectivity index (χ2n) is 12.4. The zero-order valence-corrected chi connectivity index (χ0v) is 23.2. The summed E-state index contributed by atoms with van der Waals surface area (Å²) in [6, 6.07) is 14.3. The summed E-state index contributed by atoms with van der Waals surface area (Å²) in [6.45, 7) is 8.54. The number of amides is 2. The van der Waals surface area contributed by atoms with Gasteiger partial charge in [0, 0.05) is 17.5 Å². The molecule has 1 unspecified atom stereocenters. The molecule has 0 spiro atoms. The van der Waals surface area contributed by atoms with Gasteiger partial charge in [0.2, 0.25) is 11.8 Å². The van der Waals surface area contributed by atoms with Gasteiger partial charge >= 0.3 is 0 Å². The highest BCUT2D eigenvalue weighted by Gasteiger charge is 2.57. The standard InChI is InChI=1S/C31H41N3O5/c1-17-24-13-23(31(24,3)4)14-25(17)33-30(38)28-27(18(2)36)26(16-35)39-34(28)15-19-7-5-8-20(11-19)21-9-6-10-22(12-21)29(32)37/h5-12,17-18,23-28,35-36H,13-16H2,1-4H3,(H2,32,37)(H,33,38)/t17-,18-,23+,24-,25-,26-,27?,28-/m0/s1. The van der Waals surface area contributed by atoms with Crippen LogP contribution < -0.4 is 11.1 Å².